The van der Waals surface area contributed by atoms with Gasteiger partial charge in [-0.2, -0.15) is 0 Å². The Morgan fingerprint density at radius 1 is 1.47 bits per heavy atom. The zero-order valence-electron chi connectivity index (χ0n) is 10.1. The number of amides is 1. The van der Waals surface area contributed by atoms with Crippen LogP contribution in [-0.2, 0) is 14.8 Å². The summed E-state index contributed by atoms with van der Waals surface area (Å²) in [6, 6.07) is 0.358. The number of hydrogen-bond acceptors (Lipinski definition) is 4. The predicted octanol–water partition coefficient (Wildman–Crippen LogP) is -0.688. The Kier molecular flexibility index (Phi) is 5.35. The SMILES string of the molecule is CC(CN)S(=O)(=O)NCCCC(=O)NC1CC1. The van der Waals surface area contributed by atoms with Crippen LogP contribution in [0.15, 0.2) is 0 Å². The second kappa shape index (κ2) is 6.32. The van der Waals surface area contributed by atoms with Gasteiger partial charge >= 0.3 is 0 Å². The highest BCUT2D eigenvalue weighted by Gasteiger charge is 2.23. The lowest BCUT2D eigenvalue weighted by molar-refractivity contribution is -0.121. The quantitative estimate of drug-likeness (QED) is 0.505. The molecule has 17 heavy (non-hydrogen) atoms. The number of nitrogens with one attached hydrogen (secondary N) is 2. The maximum Gasteiger partial charge on any atom is 0.220 e. The lowest BCUT2D eigenvalue weighted by Gasteiger charge is -2.11. The van der Waals surface area contributed by atoms with Crippen molar-refractivity contribution in [2.75, 3.05) is 13.1 Å². The molecule has 6 nitrogen and oxygen atoms in total. The van der Waals surface area contributed by atoms with Crippen LogP contribution in [-0.4, -0.2) is 38.7 Å². The summed E-state index contributed by atoms with van der Waals surface area (Å²) in [5.74, 6) is -0.00132. The smallest absolute Gasteiger partial charge is 0.220 e. The molecule has 0 bridgehead atoms. The molecule has 1 saturated carbocycles. The van der Waals surface area contributed by atoms with E-state index in [0.29, 0.717) is 18.9 Å². The monoisotopic (exact) mass is 263 g/mol. The minimum Gasteiger partial charge on any atom is -0.353 e. The molecule has 1 aliphatic carbocycles. The van der Waals surface area contributed by atoms with Gasteiger partial charge in [0.1, 0.15) is 0 Å². The molecule has 0 aliphatic heterocycles. The molecule has 4 N–H and O–H groups in total. The Morgan fingerprint density at radius 3 is 2.65 bits per heavy atom. The van der Waals surface area contributed by atoms with Gasteiger partial charge in [0.2, 0.25) is 15.9 Å². The number of nitrogens with two attached hydrogens (primary N) is 1. The molecule has 0 aromatic heterocycles. The highest BCUT2D eigenvalue weighted by molar-refractivity contribution is 7.90. The van der Waals surface area contributed by atoms with Crippen molar-refractivity contribution in [3.8, 4) is 0 Å². The van der Waals surface area contributed by atoms with E-state index in [0.717, 1.165) is 12.8 Å². The molecule has 1 fully saturated rings. The van der Waals surface area contributed by atoms with Gasteiger partial charge in [0.05, 0.1) is 5.25 Å². The maximum atomic E-state index is 11.5. The van der Waals surface area contributed by atoms with Gasteiger partial charge in [-0.15, -0.1) is 0 Å². The zero-order valence-corrected chi connectivity index (χ0v) is 10.9. The number of sulfonamides is 1. The van der Waals surface area contributed by atoms with Gasteiger partial charge in [-0.05, 0) is 26.2 Å². The first kappa shape index (κ1) is 14.4. The van der Waals surface area contributed by atoms with E-state index in [1.807, 2.05) is 0 Å². The molecule has 1 unspecified atom stereocenters. The summed E-state index contributed by atoms with van der Waals surface area (Å²) in [6.07, 6.45) is 2.99. The fraction of sp³-hybridized carbons (Fsp3) is 0.900. The van der Waals surface area contributed by atoms with Crippen molar-refractivity contribution in [2.24, 2.45) is 5.73 Å². The minimum atomic E-state index is -3.33. The van der Waals surface area contributed by atoms with Crippen LogP contribution in [0, 0.1) is 0 Å². The molecule has 1 rings (SSSR count). The van der Waals surface area contributed by atoms with Crippen molar-refractivity contribution in [1.29, 1.82) is 0 Å². The Bertz CT molecular complexity index is 352. The van der Waals surface area contributed by atoms with Crippen LogP contribution in [0.5, 0.6) is 0 Å². The highest BCUT2D eigenvalue weighted by atomic mass is 32.2. The molecule has 0 aromatic carbocycles. The molecule has 100 valence electrons. The number of carbonyl (C=O) groups excluding carboxylic acids is 1. The molecule has 0 spiro atoms. The summed E-state index contributed by atoms with van der Waals surface area (Å²) in [5.41, 5.74) is 5.29. The molecule has 0 radical (unpaired) electrons. The van der Waals surface area contributed by atoms with E-state index in [-0.39, 0.29) is 19.0 Å². The van der Waals surface area contributed by atoms with E-state index in [4.69, 9.17) is 5.73 Å². The topological polar surface area (TPSA) is 101 Å². The van der Waals surface area contributed by atoms with E-state index >= 15 is 0 Å². The summed E-state index contributed by atoms with van der Waals surface area (Å²) in [4.78, 5) is 11.3. The largest absolute Gasteiger partial charge is 0.353 e. The first-order valence-corrected chi connectivity index (χ1v) is 7.48. The fourth-order valence-electron chi connectivity index (χ4n) is 1.26. The van der Waals surface area contributed by atoms with Crippen molar-refractivity contribution >= 4 is 15.9 Å². The molecule has 1 atom stereocenters. The van der Waals surface area contributed by atoms with Crippen LogP contribution in [0.2, 0.25) is 0 Å². The predicted molar refractivity (Wildman–Crippen MR) is 65.8 cm³/mol. The second-order valence-corrected chi connectivity index (χ2v) is 6.61. The van der Waals surface area contributed by atoms with E-state index in [1.165, 1.54) is 0 Å². The van der Waals surface area contributed by atoms with Gasteiger partial charge in [-0.1, -0.05) is 0 Å². The average molecular weight is 263 g/mol. The highest BCUT2D eigenvalue weighted by Crippen LogP contribution is 2.18. The maximum absolute atomic E-state index is 11.5. The third-order valence-corrected chi connectivity index (χ3v) is 4.55. The molecule has 1 amide bonds. The molecular formula is C10H21N3O3S. The number of carbonyl (C=O) groups is 1. The lowest BCUT2D eigenvalue weighted by atomic mass is 10.3. The van der Waals surface area contributed by atoms with E-state index in [9.17, 15) is 13.2 Å². The van der Waals surface area contributed by atoms with E-state index in [1.54, 1.807) is 6.92 Å². The van der Waals surface area contributed by atoms with Crippen LogP contribution in [0.4, 0.5) is 0 Å². The third-order valence-electron chi connectivity index (χ3n) is 2.69. The van der Waals surface area contributed by atoms with E-state index in [2.05, 4.69) is 10.0 Å². The van der Waals surface area contributed by atoms with Crippen molar-refractivity contribution in [2.45, 2.75) is 43.9 Å². The van der Waals surface area contributed by atoms with Crippen molar-refractivity contribution in [1.82, 2.24) is 10.0 Å². The molecule has 0 heterocycles. The second-order valence-electron chi connectivity index (χ2n) is 4.43. The fourth-order valence-corrected chi connectivity index (χ4v) is 2.23. The summed E-state index contributed by atoms with van der Waals surface area (Å²) >= 11 is 0. The zero-order chi connectivity index (χ0) is 12.9. The Balaban J connectivity index is 2.12. The molecule has 7 heteroatoms. The molecule has 1 aliphatic rings. The van der Waals surface area contributed by atoms with E-state index < -0.39 is 15.3 Å². The van der Waals surface area contributed by atoms with Crippen molar-refractivity contribution < 1.29 is 13.2 Å². The van der Waals surface area contributed by atoms with Crippen LogP contribution in [0.3, 0.4) is 0 Å². The number of rotatable bonds is 8. The lowest BCUT2D eigenvalue weighted by Crippen LogP contribution is -2.37. The van der Waals surface area contributed by atoms with Gasteiger partial charge < -0.3 is 11.1 Å². The van der Waals surface area contributed by atoms with Gasteiger partial charge in [-0.25, -0.2) is 13.1 Å². The summed E-state index contributed by atoms with van der Waals surface area (Å²) in [6.45, 7) is 1.93. The van der Waals surface area contributed by atoms with Gasteiger partial charge in [0, 0.05) is 25.6 Å². The molecule has 0 aromatic rings. The normalized spacial score (nSPS) is 17.8. The average Bonchev–Trinajstić information content (AvgIpc) is 3.07. The van der Waals surface area contributed by atoms with Crippen LogP contribution in [0.1, 0.15) is 32.6 Å². The summed E-state index contributed by atoms with van der Waals surface area (Å²) in [7, 11) is -3.33. The van der Waals surface area contributed by atoms with Crippen LogP contribution >= 0.6 is 0 Å². The van der Waals surface area contributed by atoms with Gasteiger partial charge in [0.25, 0.3) is 0 Å². The Morgan fingerprint density at radius 2 is 2.12 bits per heavy atom. The first-order chi connectivity index (χ1) is 7.95. The van der Waals surface area contributed by atoms with Crippen molar-refractivity contribution in [3.05, 3.63) is 0 Å². The van der Waals surface area contributed by atoms with Crippen LogP contribution < -0.4 is 15.8 Å². The van der Waals surface area contributed by atoms with Crippen molar-refractivity contribution in [3.63, 3.8) is 0 Å². The molecule has 0 saturated heterocycles. The summed E-state index contributed by atoms with van der Waals surface area (Å²) in [5, 5.41) is 2.25. The first-order valence-electron chi connectivity index (χ1n) is 5.93. The summed E-state index contributed by atoms with van der Waals surface area (Å²) < 4.78 is 25.5. The van der Waals surface area contributed by atoms with Gasteiger partial charge in [0.15, 0.2) is 0 Å². The standard InChI is InChI=1S/C10H21N3O3S/c1-8(7-11)17(15,16)12-6-2-3-10(14)13-9-4-5-9/h8-9,12H,2-7,11H2,1H3,(H,13,14). The van der Waals surface area contributed by atoms with Crippen LogP contribution in [0.25, 0.3) is 0 Å². The third kappa shape index (κ3) is 5.47. The van der Waals surface area contributed by atoms with Gasteiger partial charge in [-0.3, -0.25) is 4.79 Å². The Hall–Kier alpha value is -0.660. The number of hydrogen-bond donors (Lipinski definition) is 3. The minimum absolute atomic E-state index is 0.00132. The Labute approximate surface area is 102 Å². The molecular weight excluding hydrogens is 242 g/mol.